The first kappa shape index (κ1) is 7.60. The van der Waals surface area contributed by atoms with E-state index in [1.165, 1.54) is 19.3 Å². The average Bonchev–Trinajstić information content (AvgIpc) is 2.40. The Hall–Kier alpha value is -0.0400. The van der Waals surface area contributed by atoms with E-state index < -0.39 is 0 Å². The Morgan fingerprint density at radius 1 is 1.36 bits per heavy atom. The Kier molecular flexibility index (Phi) is 1.54. The molecule has 0 aromatic rings. The Labute approximate surface area is 68.8 Å². The van der Waals surface area contributed by atoms with Crippen LogP contribution in [0.25, 0.3) is 0 Å². The van der Waals surface area contributed by atoms with Crippen molar-refractivity contribution in [3.05, 3.63) is 0 Å². The number of aliphatic hydroxyl groups excluding tert-OH is 1. The Bertz CT molecular complexity index is 162. The molecule has 0 radical (unpaired) electrons. The summed E-state index contributed by atoms with van der Waals surface area (Å²) in [6.45, 7) is 5.18. The van der Waals surface area contributed by atoms with Gasteiger partial charge in [0, 0.05) is 6.61 Å². The van der Waals surface area contributed by atoms with Crippen LogP contribution in [-0.4, -0.2) is 11.7 Å². The van der Waals surface area contributed by atoms with Crippen molar-refractivity contribution in [2.45, 2.75) is 33.1 Å². The standard InChI is InChI=1S/C10H18O/c1-10(2)8-3-4-9(10)7(5-8)6-11/h7-9,11H,3-6H2,1-2H3. The lowest BCUT2D eigenvalue weighted by Crippen LogP contribution is -2.21. The molecule has 2 saturated carbocycles. The molecule has 2 fully saturated rings. The van der Waals surface area contributed by atoms with Crippen LogP contribution in [0.2, 0.25) is 0 Å². The van der Waals surface area contributed by atoms with Gasteiger partial charge in [-0.1, -0.05) is 13.8 Å². The van der Waals surface area contributed by atoms with Gasteiger partial charge < -0.3 is 5.11 Å². The molecule has 1 nitrogen and oxygen atoms in total. The minimum atomic E-state index is 0.421. The van der Waals surface area contributed by atoms with Crippen LogP contribution in [0.5, 0.6) is 0 Å². The van der Waals surface area contributed by atoms with Crippen LogP contribution in [0, 0.1) is 23.2 Å². The quantitative estimate of drug-likeness (QED) is 0.613. The Balaban J connectivity index is 2.19. The second-order valence-electron chi connectivity index (χ2n) is 4.88. The van der Waals surface area contributed by atoms with Crippen LogP contribution >= 0.6 is 0 Å². The van der Waals surface area contributed by atoms with Crippen molar-refractivity contribution in [2.75, 3.05) is 6.61 Å². The van der Waals surface area contributed by atoms with Gasteiger partial charge in [-0.05, 0) is 42.4 Å². The number of hydrogen-bond donors (Lipinski definition) is 1. The molecule has 2 aliphatic carbocycles. The van der Waals surface area contributed by atoms with Crippen LogP contribution in [0.15, 0.2) is 0 Å². The molecule has 2 aliphatic rings. The van der Waals surface area contributed by atoms with E-state index in [0.29, 0.717) is 17.9 Å². The van der Waals surface area contributed by atoms with Gasteiger partial charge in [-0.15, -0.1) is 0 Å². The summed E-state index contributed by atoms with van der Waals surface area (Å²) in [6, 6.07) is 0. The van der Waals surface area contributed by atoms with Crippen LogP contribution in [-0.2, 0) is 0 Å². The summed E-state index contributed by atoms with van der Waals surface area (Å²) >= 11 is 0. The SMILES string of the molecule is CC1(C)C2CCC1C(CO)C2. The second-order valence-corrected chi connectivity index (χ2v) is 4.88. The highest BCUT2D eigenvalue weighted by atomic mass is 16.3. The molecule has 0 aromatic heterocycles. The average molecular weight is 154 g/mol. The van der Waals surface area contributed by atoms with Gasteiger partial charge in [-0.3, -0.25) is 0 Å². The molecule has 3 atom stereocenters. The first-order valence-corrected chi connectivity index (χ1v) is 4.77. The van der Waals surface area contributed by atoms with E-state index in [4.69, 9.17) is 5.11 Å². The van der Waals surface area contributed by atoms with Crippen LogP contribution in [0.1, 0.15) is 33.1 Å². The number of hydrogen-bond acceptors (Lipinski definition) is 1. The molecular formula is C10H18O. The maximum Gasteiger partial charge on any atom is 0.0462 e. The minimum absolute atomic E-state index is 0.421. The predicted molar refractivity (Wildman–Crippen MR) is 45.2 cm³/mol. The molecule has 1 heteroatoms. The van der Waals surface area contributed by atoms with Crippen molar-refractivity contribution in [3.63, 3.8) is 0 Å². The number of aliphatic hydroxyl groups is 1. The van der Waals surface area contributed by atoms with Gasteiger partial charge in [0.25, 0.3) is 0 Å². The molecule has 3 unspecified atom stereocenters. The molecule has 2 rings (SSSR count). The van der Waals surface area contributed by atoms with Crippen LogP contribution < -0.4 is 0 Å². The van der Waals surface area contributed by atoms with Crippen molar-refractivity contribution >= 4 is 0 Å². The molecule has 11 heavy (non-hydrogen) atoms. The molecule has 0 aromatic carbocycles. The van der Waals surface area contributed by atoms with E-state index in [1.807, 2.05) is 0 Å². The highest BCUT2D eigenvalue weighted by Crippen LogP contribution is 2.59. The third-order valence-corrected chi connectivity index (χ3v) is 4.22. The van der Waals surface area contributed by atoms with Crippen LogP contribution in [0.4, 0.5) is 0 Å². The first-order valence-electron chi connectivity index (χ1n) is 4.77. The largest absolute Gasteiger partial charge is 0.396 e. The van der Waals surface area contributed by atoms with Gasteiger partial charge in [-0.2, -0.15) is 0 Å². The summed E-state index contributed by atoms with van der Waals surface area (Å²) in [6.07, 6.45) is 4.06. The predicted octanol–water partition coefficient (Wildman–Crippen LogP) is 2.05. The molecule has 0 heterocycles. The van der Waals surface area contributed by atoms with E-state index in [9.17, 15) is 0 Å². The molecule has 0 saturated heterocycles. The molecule has 1 N–H and O–H groups in total. The lowest BCUT2D eigenvalue weighted by atomic mass is 9.80. The Morgan fingerprint density at radius 3 is 2.36 bits per heavy atom. The summed E-state index contributed by atoms with van der Waals surface area (Å²) in [5.74, 6) is 2.35. The number of rotatable bonds is 1. The number of fused-ring (bicyclic) bond motifs is 2. The van der Waals surface area contributed by atoms with Crippen molar-refractivity contribution < 1.29 is 5.11 Å². The molecule has 0 amide bonds. The third-order valence-electron chi connectivity index (χ3n) is 4.22. The topological polar surface area (TPSA) is 20.2 Å². The zero-order chi connectivity index (χ0) is 8.06. The zero-order valence-electron chi connectivity index (χ0n) is 7.51. The molecule has 0 spiro atoms. The van der Waals surface area contributed by atoms with Gasteiger partial charge in [0.1, 0.15) is 0 Å². The van der Waals surface area contributed by atoms with E-state index in [2.05, 4.69) is 13.8 Å². The fourth-order valence-corrected chi connectivity index (χ4v) is 3.42. The smallest absolute Gasteiger partial charge is 0.0462 e. The summed E-state index contributed by atoms with van der Waals surface area (Å²) in [7, 11) is 0. The molecule has 0 aliphatic heterocycles. The molecular weight excluding hydrogens is 136 g/mol. The van der Waals surface area contributed by atoms with Crippen molar-refractivity contribution in [1.82, 2.24) is 0 Å². The summed E-state index contributed by atoms with van der Waals surface area (Å²) in [5, 5.41) is 9.12. The van der Waals surface area contributed by atoms with Crippen molar-refractivity contribution in [1.29, 1.82) is 0 Å². The summed E-state index contributed by atoms with van der Waals surface area (Å²) in [5.41, 5.74) is 0.535. The van der Waals surface area contributed by atoms with Gasteiger partial charge >= 0.3 is 0 Å². The maximum absolute atomic E-state index is 9.12. The van der Waals surface area contributed by atoms with Gasteiger partial charge in [0.05, 0.1) is 0 Å². The van der Waals surface area contributed by atoms with Crippen LogP contribution in [0.3, 0.4) is 0 Å². The van der Waals surface area contributed by atoms with E-state index in [1.54, 1.807) is 0 Å². The third kappa shape index (κ3) is 0.868. The normalized spacial score (nSPS) is 46.6. The van der Waals surface area contributed by atoms with E-state index in [-0.39, 0.29) is 0 Å². The Morgan fingerprint density at radius 2 is 2.09 bits per heavy atom. The zero-order valence-corrected chi connectivity index (χ0v) is 7.51. The first-order chi connectivity index (χ1) is 5.16. The summed E-state index contributed by atoms with van der Waals surface area (Å²) < 4.78 is 0. The monoisotopic (exact) mass is 154 g/mol. The second kappa shape index (κ2) is 2.22. The van der Waals surface area contributed by atoms with Gasteiger partial charge in [0.15, 0.2) is 0 Å². The molecule has 64 valence electrons. The highest BCUT2D eigenvalue weighted by molar-refractivity contribution is 5.01. The minimum Gasteiger partial charge on any atom is -0.396 e. The van der Waals surface area contributed by atoms with Crippen molar-refractivity contribution in [3.8, 4) is 0 Å². The lowest BCUT2D eigenvalue weighted by molar-refractivity contribution is 0.155. The van der Waals surface area contributed by atoms with E-state index in [0.717, 1.165) is 11.8 Å². The summed E-state index contributed by atoms with van der Waals surface area (Å²) in [4.78, 5) is 0. The highest BCUT2D eigenvalue weighted by Gasteiger charge is 2.52. The fraction of sp³-hybridized carbons (Fsp3) is 1.00. The lowest BCUT2D eigenvalue weighted by Gasteiger charge is -2.25. The van der Waals surface area contributed by atoms with Crippen molar-refractivity contribution in [2.24, 2.45) is 23.2 Å². The molecule has 2 bridgehead atoms. The fourth-order valence-electron chi connectivity index (χ4n) is 3.42. The maximum atomic E-state index is 9.12. The van der Waals surface area contributed by atoms with E-state index >= 15 is 0 Å². The van der Waals surface area contributed by atoms with Gasteiger partial charge in [-0.25, -0.2) is 0 Å². The van der Waals surface area contributed by atoms with Gasteiger partial charge in [0.2, 0.25) is 0 Å².